The summed E-state index contributed by atoms with van der Waals surface area (Å²) < 4.78 is 5.79. The van der Waals surface area contributed by atoms with Gasteiger partial charge in [-0.25, -0.2) is 0 Å². The molecule has 0 aliphatic rings. The van der Waals surface area contributed by atoms with Crippen LogP contribution in [0.25, 0.3) is 11.5 Å². The number of nitrogens with two attached hydrogens (primary N) is 1. The number of halogens is 1. The van der Waals surface area contributed by atoms with E-state index in [0.29, 0.717) is 11.6 Å². The molecule has 3 N–H and O–H groups in total. The van der Waals surface area contributed by atoms with Crippen LogP contribution in [0, 0.1) is 3.57 Å². The first-order valence-electron chi connectivity index (χ1n) is 3.19. The molecule has 0 saturated carbocycles. The van der Waals surface area contributed by atoms with E-state index in [1.807, 2.05) is 0 Å². The van der Waals surface area contributed by atoms with Crippen LogP contribution in [-0.4, -0.2) is 15.4 Å². The van der Waals surface area contributed by atoms with E-state index in [4.69, 9.17) is 10.3 Å². The van der Waals surface area contributed by atoms with Gasteiger partial charge in [0, 0.05) is 6.20 Å². The van der Waals surface area contributed by atoms with E-state index in [2.05, 4.69) is 37.9 Å². The van der Waals surface area contributed by atoms with Crippen molar-refractivity contribution < 1.29 is 4.52 Å². The Kier molecular flexibility index (Phi) is 1.75. The van der Waals surface area contributed by atoms with Crippen molar-refractivity contribution in [2.24, 2.45) is 0 Å². The molecular formula is C6H5IN4O. The number of aromatic amines is 1. The van der Waals surface area contributed by atoms with Crippen LogP contribution in [0.15, 0.2) is 16.8 Å². The number of hydrogen-bond acceptors (Lipinski definition) is 4. The van der Waals surface area contributed by atoms with Crippen molar-refractivity contribution in [2.75, 3.05) is 5.73 Å². The van der Waals surface area contributed by atoms with Gasteiger partial charge in [0.1, 0.15) is 9.26 Å². The molecule has 2 aromatic rings. The molecule has 6 heteroatoms. The molecule has 0 aliphatic heterocycles. The van der Waals surface area contributed by atoms with Crippen LogP contribution in [0.2, 0.25) is 0 Å². The van der Waals surface area contributed by atoms with E-state index in [1.54, 1.807) is 12.3 Å². The number of nitrogens with zero attached hydrogens (tertiary/aromatic N) is 2. The molecule has 0 bridgehead atoms. The number of rotatable bonds is 1. The van der Waals surface area contributed by atoms with Gasteiger partial charge in [0.15, 0.2) is 11.6 Å². The molecule has 2 aromatic heterocycles. The van der Waals surface area contributed by atoms with Crippen LogP contribution in [0.5, 0.6) is 0 Å². The minimum atomic E-state index is 0.403. The first kappa shape index (κ1) is 7.59. The number of H-pyrrole nitrogens is 1. The maximum atomic E-state index is 5.50. The van der Waals surface area contributed by atoms with Gasteiger partial charge >= 0.3 is 0 Å². The minimum Gasteiger partial charge on any atom is -0.380 e. The summed E-state index contributed by atoms with van der Waals surface area (Å²) in [5, 5.41) is 10.2. The zero-order valence-corrected chi connectivity index (χ0v) is 8.07. The molecule has 0 aromatic carbocycles. The van der Waals surface area contributed by atoms with Crippen LogP contribution in [0.4, 0.5) is 5.82 Å². The second-order valence-electron chi connectivity index (χ2n) is 2.18. The SMILES string of the molecule is Nc1noc(-c2ccn[nH]2)c1I. The van der Waals surface area contributed by atoms with Crippen LogP contribution in [0.3, 0.4) is 0 Å². The number of hydrogen-bond donors (Lipinski definition) is 2. The first-order chi connectivity index (χ1) is 5.79. The summed E-state index contributed by atoms with van der Waals surface area (Å²) in [6, 6.07) is 1.79. The second-order valence-corrected chi connectivity index (χ2v) is 3.26. The van der Waals surface area contributed by atoms with Gasteiger partial charge in [-0.1, -0.05) is 5.16 Å². The van der Waals surface area contributed by atoms with E-state index >= 15 is 0 Å². The van der Waals surface area contributed by atoms with Gasteiger partial charge < -0.3 is 10.3 Å². The number of nitrogen functional groups attached to an aromatic ring is 1. The normalized spacial score (nSPS) is 10.4. The Labute approximate surface area is 81.5 Å². The van der Waals surface area contributed by atoms with Crippen molar-refractivity contribution in [3.05, 3.63) is 15.8 Å². The molecule has 2 rings (SSSR count). The fraction of sp³-hybridized carbons (Fsp3) is 0. The molecule has 0 fully saturated rings. The fourth-order valence-corrected chi connectivity index (χ4v) is 1.33. The summed E-state index contributed by atoms with van der Waals surface area (Å²) in [4.78, 5) is 0. The van der Waals surface area contributed by atoms with Gasteiger partial charge in [-0.2, -0.15) is 5.10 Å². The highest BCUT2D eigenvalue weighted by Crippen LogP contribution is 2.26. The lowest BCUT2D eigenvalue weighted by Gasteiger charge is -1.87. The highest BCUT2D eigenvalue weighted by molar-refractivity contribution is 14.1. The largest absolute Gasteiger partial charge is 0.380 e. The lowest BCUT2D eigenvalue weighted by molar-refractivity contribution is 0.434. The molecule has 0 atom stereocenters. The summed E-state index contributed by atoms with van der Waals surface area (Å²) in [6.45, 7) is 0. The van der Waals surface area contributed by atoms with Crippen molar-refractivity contribution in [1.82, 2.24) is 15.4 Å². The van der Waals surface area contributed by atoms with Crippen LogP contribution < -0.4 is 5.73 Å². The molecule has 5 nitrogen and oxygen atoms in total. The average Bonchev–Trinajstić information content (AvgIpc) is 2.64. The Morgan fingerprint density at radius 1 is 1.58 bits per heavy atom. The highest BCUT2D eigenvalue weighted by atomic mass is 127. The van der Waals surface area contributed by atoms with Crippen molar-refractivity contribution in [2.45, 2.75) is 0 Å². The monoisotopic (exact) mass is 276 g/mol. The van der Waals surface area contributed by atoms with Crippen molar-refractivity contribution in [3.63, 3.8) is 0 Å². The first-order valence-corrected chi connectivity index (χ1v) is 4.27. The maximum absolute atomic E-state index is 5.50. The molecule has 2 heterocycles. The molecule has 0 amide bonds. The third kappa shape index (κ3) is 1.07. The molecule has 0 aliphatic carbocycles. The van der Waals surface area contributed by atoms with Crippen molar-refractivity contribution in [3.8, 4) is 11.5 Å². The van der Waals surface area contributed by atoms with Gasteiger partial charge in [0.25, 0.3) is 0 Å². The van der Waals surface area contributed by atoms with Gasteiger partial charge in [0.2, 0.25) is 0 Å². The van der Waals surface area contributed by atoms with E-state index < -0.39 is 0 Å². The van der Waals surface area contributed by atoms with Gasteiger partial charge in [-0.15, -0.1) is 0 Å². The standard InChI is InChI=1S/C6H5IN4O/c7-4-5(12-11-6(4)8)3-1-2-9-10-3/h1-2H,(H2,8,11)(H,9,10). The topological polar surface area (TPSA) is 80.7 Å². The van der Waals surface area contributed by atoms with E-state index in [1.165, 1.54) is 0 Å². The Bertz CT molecular complexity index is 380. The summed E-state index contributed by atoms with van der Waals surface area (Å²) >= 11 is 2.07. The van der Waals surface area contributed by atoms with Gasteiger partial charge in [0.05, 0.1) is 0 Å². The quantitative estimate of drug-likeness (QED) is 0.768. The van der Waals surface area contributed by atoms with Crippen LogP contribution in [-0.2, 0) is 0 Å². The summed E-state index contributed by atoms with van der Waals surface area (Å²) in [5.41, 5.74) is 6.28. The zero-order chi connectivity index (χ0) is 8.55. The molecular weight excluding hydrogens is 271 g/mol. The third-order valence-corrected chi connectivity index (χ3v) is 2.45. The van der Waals surface area contributed by atoms with E-state index in [0.717, 1.165) is 9.26 Å². The number of nitrogens with one attached hydrogen (secondary N) is 1. The minimum absolute atomic E-state index is 0.403. The Morgan fingerprint density at radius 2 is 2.42 bits per heavy atom. The van der Waals surface area contributed by atoms with Crippen molar-refractivity contribution in [1.29, 1.82) is 0 Å². The lowest BCUT2D eigenvalue weighted by atomic mass is 10.3. The Balaban J connectivity index is 2.55. The smallest absolute Gasteiger partial charge is 0.200 e. The van der Waals surface area contributed by atoms with E-state index in [9.17, 15) is 0 Å². The predicted molar refractivity (Wildman–Crippen MR) is 51.2 cm³/mol. The molecule has 0 radical (unpaired) electrons. The van der Waals surface area contributed by atoms with Crippen LogP contribution in [0.1, 0.15) is 0 Å². The average molecular weight is 276 g/mol. The van der Waals surface area contributed by atoms with Gasteiger partial charge in [-0.3, -0.25) is 5.10 Å². The number of aromatic nitrogens is 3. The molecule has 0 saturated heterocycles. The Morgan fingerprint density at radius 3 is 2.92 bits per heavy atom. The summed E-state index contributed by atoms with van der Waals surface area (Å²) in [7, 11) is 0. The van der Waals surface area contributed by atoms with E-state index in [-0.39, 0.29) is 0 Å². The summed E-state index contributed by atoms with van der Waals surface area (Å²) in [5.74, 6) is 1.03. The molecule has 0 spiro atoms. The zero-order valence-electron chi connectivity index (χ0n) is 5.91. The summed E-state index contributed by atoms with van der Waals surface area (Å²) in [6.07, 6.45) is 1.64. The van der Waals surface area contributed by atoms with Gasteiger partial charge in [-0.05, 0) is 28.7 Å². The molecule has 62 valence electrons. The van der Waals surface area contributed by atoms with Crippen molar-refractivity contribution >= 4 is 28.4 Å². The Hall–Kier alpha value is -1.05. The second kappa shape index (κ2) is 2.77. The molecule has 0 unspecified atom stereocenters. The fourth-order valence-electron chi connectivity index (χ4n) is 0.841. The third-order valence-electron chi connectivity index (χ3n) is 1.40. The molecule has 12 heavy (non-hydrogen) atoms. The predicted octanol–water partition coefficient (Wildman–Crippen LogP) is 1.25. The lowest BCUT2D eigenvalue weighted by Crippen LogP contribution is -1.86. The highest BCUT2D eigenvalue weighted by Gasteiger charge is 2.13. The maximum Gasteiger partial charge on any atom is 0.200 e. The van der Waals surface area contributed by atoms with Crippen LogP contribution >= 0.6 is 22.6 Å². The number of anilines is 1.